The monoisotopic (exact) mass is 106 g/mol. The molecule has 0 saturated carbocycles. The standard InChI is InChI=1S/C5H14NO/c1-6(2,3)4-5-7/h7H,4-5H2,1-3H3/q+1/i7T. The normalized spacial score (nSPS) is 13.9. The summed E-state index contributed by atoms with van der Waals surface area (Å²) in [7, 11) is 6.21. The number of quaternary nitrogens is 1. The molecule has 0 aliphatic heterocycles. The summed E-state index contributed by atoms with van der Waals surface area (Å²) in [6.07, 6.45) is 0. The fourth-order valence-electron chi connectivity index (χ4n) is 0.274. The SMILES string of the molecule is [3H]OCC[N+](C)(C)C. The lowest BCUT2D eigenvalue weighted by atomic mass is 10.5. The van der Waals surface area contributed by atoms with Gasteiger partial charge in [0.1, 0.15) is 6.54 Å². The Morgan fingerprint density at radius 2 is 2.14 bits per heavy atom. The molecule has 1 N–H and O–H groups in total. The van der Waals surface area contributed by atoms with Gasteiger partial charge >= 0.3 is 0 Å². The van der Waals surface area contributed by atoms with E-state index in [9.17, 15) is 0 Å². The predicted octanol–water partition coefficient (Wildman–Crippen LogP) is -0.315. The second kappa shape index (κ2) is 2.28. The van der Waals surface area contributed by atoms with Crippen LogP contribution in [0.3, 0.4) is 0 Å². The van der Waals surface area contributed by atoms with Crippen molar-refractivity contribution in [3.63, 3.8) is 0 Å². The summed E-state index contributed by atoms with van der Waals surface area (Å²) in [5.41, 5.74) is 0. The lowest BCUT2D eigenvalue weighted by molar-refractivity contribution is -0.870. The quantitative estimate of drug-likeness (QED) is 0.489. The Kier molecular flexibility index (Phi) is 1.65. The van der Waals surface area contributed by atoms with Crippen molar-refractivity contribution in [3.05, 3.63) is 0 Å². The molecule has 0 aliphatic rings. The Hall–Kier alpha value is -0.0800. The molecule has 0 radical (unpaired) electrons. The van der Waals surface area contributed by atoms with Gasteiger partial charge in [-0.05, 0) is 0 Å². The van der Waals surface area contributed by atoms with Gasteiger partial charge in [-0.3, -0.25) is 0 Å². The average Bonchev–Trinajstić information content (AvgIpc) is 1.59. The van der Waals surface area contributed by atoms with E-state index < -0.39 is 0 Å². The van der Waals surface area contributed by atoms with Gasteiger partial charge in [0, 0.05) is 0 Å². The first kappa shape index (κ1) is 5.06. The van der Waals surface area contributed by atoms with Gasteiger partial charge in [0.25, 0.3) is 0 Å². The van der Waals surface area contributed by atoms with Crippen LogP contribution in [0, 0.1) is 0 Å². The van der Waals surface area contributed by atoms with Crippen molar-refractivity contribution in [3.8, 4) is 0 Å². The number of aliphatic hydroxyl groups excluding tert-OH is 1. The Morgan fingerprint density at radius 1 is 1.57 bits per heavy atom. The first-order chi connectivity index (χ1) is 3.56. The molecule has 44 valence electrons. The molecule has 0 fully saturated rings. The molecule has 0 aromatic rings. The number of aliphatic hydroxyl groups is 1. The largest absolute Gasteiger partial charge is 0.391 e. The molecule has 0 heterocycles. The molecular weight excluding hydrogens is 90.1 g/mol. The van der Waals surface area contributed by atoms with Crippen LogP contribution in [0.2, 0.25) is 0 Å². The highest BCUT2D eigenvalue weighted by Gasteiger charge is 2.02. The summed E-state index contributed by atoms with van der Waals surface area (Å²) in [5.74, 6) is 0. The maximum atomic E-state index is 6.37. The summed E-state index contributed by atoms with van der Waals surface area (Å²) in [4.78, 5) is 0. The van der Waals surface area contributed by atoms with Gasteiger partial charge in [0.2, 0.25) is 1.43 Å². The van der Waals surface area contributed by atoms with E-state index in [0.717, 1.165) is 11.0 Å². The maximum absolute atomic E-state index is 6.37. The Labute approximate surface area is 46.5 Å². The third kappa shape index (κ3) is 5.92. The van der Waals surface area contributed by atoms with Crippen LogP contribution in [-0.4, -0.2) is 45.3 Å². The molecule has 2 heteroatoms. The second-order valence-corrected chi connectivity index (χ2v) is 2.72. The van der Waals surface area contributed by atoms with E-state index in [1.807, 2.05) is 0 Å². The number of hydrogen-bond donors (Lipinski definition) is 1. The highest BCUT2D eigenvalue weighted by molar-refractivity contribution is 4.19. The summed E-state index contributed by atoms with van der Waals surface area (Å²) >= 11 is 0. The number of hydrogen-bond acceptors (Lipinski definition) is 1. The van der Waals surface area contributed by atoms with E-state index in [2.05, 4.69) is 26.3 Å². The van der Waals surface area contributed by atoms with Gasteiger partial charge in [-0.15, -0.1) is 0 Å². The number of likely N-dealkylation sites (N-methyl/N-ethyl adjacent to an activating group) is 1. The summed E-state index contributed by atoms with van der Waals surface area (Å²) < 4.78 is 7.23. The maximum Gasteiger partial charge on any atom is 0.210 e. The van der Waals surface area contributed by atoms with E-state index in [0.29, 0.717) is 6.61 Å². The van der Waals surface area contributed by atoms with Gasteiger partial charge in [-0.1, -0.05) is 0 Å². The lowest BCUT2D eigenvalue weighted by Gasteiger charge is -2.21. The first-order valence-corrected chi connectivity index (χ1v) is 2.45. The van der Waals surface area contributed by atoms with Crippen LogP contribution in [0.4, 0.5) is 0 Å². The molecule has 0 saturated heterocycles. The molecule has 0 unspecified atom stereocenters. The molecular formula is C5H14NO+. The molecule has 0 aromatic carbocycles. The predicted molar refractivity (Wildman–Crippen MR) is 30.0 cm³/mol. The molecule has 2 nitrogen and oxygen atoms in total. The molecule has 0 aromatic heterocycles. The minimum absolute atomic E-state index is 0.517. The minimum atomic E-state index is 0.517. The smallest absolute Gasteiger partial charge is 0.210 e. The van der Waals surface area contributed by atoms with E-state index in [4.69, 9.17) is 1.43 Å². The van der Waals surface area contributed by atoms with Gasteiger partial charge in [-0.2, -0.15) is 0 Å². The first-order valence-electron chi connectivity index (χ1n) is 2.85. The highest BCUT2D eigenvalue weighted by Crippen LogP contribution is 1.84. The fourth-order valence-corrected chi connectivity index (χ4v) is 0.274. The van der Waals surface area contributed by atoms with Gasteiger partial charge in [0.05, 0.1) is 27.7 Å². The van der Waals surface area contributed by atoms with Crippen LogP contribution in [0.25, 0.3) is 0 Å². The third-order valence-electron chi connectivity index (χ3n) is 0.762. The average molecular weight is 106 g/mol. The molecule has 0 aliphatic carbocycles. The van der Waals surface area contributed by atoms with Crippen LogP contribution in [-0.2, 0) is 0 Å². The summed E-state index contributed by atoms with van der Waals surface area (Å²) in [5, 5.41) is 4.15. The van der Waals surface area contributed by atoms with Gasteiger partial charge < -0.3 is 9.59 Å². The molecule has 0 spiro atoms. The van der Waals surface area contributed by atoms with Crippen molar-refractivity contribution >= 4 is 0 Å². The topological polar surface area (TPSA) is 20.2 Å². The Bertz CT molecular complexity index is 59.9. The van der Waals surface area contributed by atoms with Gasteiger partial charge in [-0.25, -0.2) is 0 Å². The zero-order valence-electron chi connectivity index (χ0n) is 6.27. The van der Waals surface area contributed by atoms with Crippen molar-refractivity contribution in [2.75, 3.05) is 34.3 Å². The van der Waals surface area contributed by atoms with Crippen LogP contribution in [0.15, 0.2) is 0 Å². The minimum Gasteiger partial charge on any atom is -0.391 e. The Balaban J connectivity index is 3.11. The van der Waals surface area contributed by atoms with Crippen molar-refractivity contribution < 1.29 is 9.59 Å². The van der Waals surface area contributed by atoms with E-state index in [1.165, 1.54) is 0 Å². The number of nitrogens with zero attached hydrogens (tertiary/aromatic N) is 1. The summed E-state index contributed by atoms with van der Waals surface area (Å²) in [6, 6.07) is 0. The van der Waals surface area contributed by atoms with E-state index in [-0.39, 0.29) is 0 Å². The summed E-state index contributed by atoms with van der Waals surface area (Å²) in [6.45, 7) is 1.41. The van der Waals surface area contributed by atoms with Gasteiger partial charge in [0.15, 0.2) is 0 Å². The molecule has 0 amide bonds. The van der Waals surface area contributed by atoms with Crippen LogP contribution in [0.1, 0.15) is 0 Å². The van der Waals surface area contributed by atoms with Crippen molar-refractivity contribution in [2.24, 2.45) is 0 Å². The number of rotatable bonds is 3. The lowest BCUT2D eigenvalue weighted by Crippen LogP contribution is -2.36. The van der Waals surface area contributed by atoms with E-state index >= 15 is 0 Å². The van der Waals surface area contributed by atoms with Crippen LogP contribution < -0.4 is 0 Å². The highest BCUT2D eigenvalue weighted by atomic mass is 16.3. The van der Waals surface area contributed by atoms with Crippen LogP contribution >= 0.6 is 0 Å². The third-order valence-corrected chi connectivity index (χ3v) is 0.762. The zero-order chi connectivity index (χ0) is 6.62. The zero-order valence-corrected chi connectivity index (χ0v) is 5.27. The molecule has 0 rings (SSSR count). The molecule has 0 bridgehead atoms. The van der Waals surface area contributed by atoms with E-state index in [1.54, 1.807) is 0 Å². The van der Waals surface area contributed by atoms with Crippen molar-refractivity contribution in [2.45, 2.75) is 0 Å². The van der Waals surface area contributed by atoms with Crippen molar-refractivity contribution in [1.82, 2.24) is 0 Å². The fraction of sp³-hybridized carbons (Fsp3) is 1.00. The molecule has 7 heavy (non-hydrogen) atoms. The van der Waals surface area contributed by atoms with Crippen LogP contribution in [0.5, 0.6) is 0 Å². The van der Waals surface area contributed by atoms with Crippen molar-refractivity contribution in [1.29, 1.82) is 1.43 Å². The molecule has 0 atom stereocenters. The Morgan fingerprint density at radius 3 is 2.29 bits per heavy atom. The second-order valence-electron chi connectivity index (χ2n) is 2.72.